The highest BCUT2D eigenvalue weighted by molar-refractivity contribution is 5.93. The number of aliphatic hydroxyl groups is 5. The molecule has 1 heterocycles. The fourth-order valence-electron chi connectivity index (χ4n) is 3.86. The average molecular weight is 442 g/mol. The topological polar surface area (TPSA) is 174 Å². The van der Waals surface area contributed by atoms with E-state index in [1.165, 1.54) is 18.2 Å². The Morgan fingerprint density at radius 1 is 1.29 bits per heavy atom. The standard InChI is InChI=1S/C21H30O10/c1-11(6-15(24)25)4-5-21(29)12(2)7-13(23)8-20(21,3)10-30-19-18(28)17(27)16(26)14(9-22)31-19/h4-7,14,16-19,22,26-29H,8-10H2,1-3H3,(H,24,25). The maximum Gasteiger partial charge on any atom is 0.328 e. The second kappa shape index (κ2) is 9.70. The van der Waals surface area contributed by atoms with Gasteiger partial charge in [-0.05, 0) is 37.1 Å². The van der Waals surface area contributed by atoms with Crippen molar-refractivity contribution in [2.24, 2.45) is 5.41 Å². The summed E-state index contributed by atoms with van der Waals surface area (Å²) in [5.74, 6) is -1.40. The summed E-state index contributed by atoms with van der Waals surface area (Å²) in [5.41, 5.74) is -2.24. The van der Waals surface area contributed by atoms with E-state index in [4.69, 9.17) is 14.6 Å². The summed E-state index contributed by atoms with van der Waals surface area (Å²) in [6, 6.07) is 0. The molecule has 7 atom stereocenters. The molecule has 10 heteroatoms. The summed E-state index contributed by atoms with van der Waals surface area (Å²) in [4.78, 5) is 23.1. The minimum atomic E-state index is -1.69. The number of rotatable bonds is 7. The predicted octanol–water partition coefficient (Wildman–Crippen LogP) is -0.953. The molecule has 2 aliphatic rings. The van der Waals surface area contributed by atoms with Gasteiger partial charge in [0, 0.05) is 17.9 Å². The lowest BCUT2D eigenvalue weighted by molar-refractivity contribution is -0.308. The highest BCUT2D eigenvalue weighted by atomic mass is 16.7. The monoisotopic (exact) mass is 442 g/mol. The van der Waals surface area contributed by atoms with E-state index >= 15 is 0 Å². The van der Waals surface area contributed by atoms with Gasteiger partial charge in [-0.25, -0.2) is 4.79 Å². The van der Waals surface area contributed by atoms with E-state index in [0.29, 0.717) is 11.1 Å². The first-order valence-electron chi connectivity index (χ1n) is 9.81. The Hall–Kier alpha value is -1.92. The molecule has 0 saturated carbocycles. The summed E-state index contributed by atoms with van der Waals surface area (Å²) in [6.45, 7) is 3.78. The molecule has 7 unspecified atom stereocenters. The van der Waals surface area contributed by atoms with E-state index in [1.54, 1.807) is 20.8 Å². The third-order valence-corrected chi connectivity index (χ3v) is 5.82. The number of carboxylic acid groups (broad SMARTS) is 1. The highest BCUT2D eigenvalue weighted by Gasteiger charge is 2.52. The second-order valence-electron chi connectivity index (χ2n) is 8.37. The number of carbonyl (C=O) groups excluding carboxylic acids is 1. The minimum Gasteiger partial charge on any atom is -0.478 e. The number of aliphatic carboxylic acids is 1. The van der Waals surface area contributed by atoms with Crippen molar-refractivity contribution in [1.29, 1.82) is 0 Å². The van der Waals surface area contributed by atoms with Gasteiger partial charge in [-0.1, -0.05) is 13.0 Å². The van der Waals surface area contributed by atoms with E-state index in [-0.39, 0.29) is 18.8 Å². The number of hydrogen-bond donors (Lipinski definition) is 6. The molecule has 0 radical (unpaired) electrons. The lowest BCUT2D eigenvalue weighted by Gasteiger charge is -2.47. The quantitative estimate of drug-likeness (QED) is 0.213. The average Bonchev–Trinajstić information content (AvgIpc) is 2.68. The van der Waals surface area contributed by atoms with Crippen LogP contribution >= 0.6 is 0 Å². The fourth-order valence-corrected chi connectivity index (χ4v) is 3.86. The Balaban J connectivity index is 2.29. The van der Waals surface area contributed by atoms with Crippen LogP contribution in [0.2, 0.25) is 0 Å². The zero-order valence-corrected chi connectivity index (χ0v) is 17.6. The number of allylic oxidation sites excluding steroid dienone is 3. The molecule has 174 valence electrons. The predicted molar refractivity (Wildman–Crippen MR) is 107 cm³/mol. The van der Waals surface area contributed by atoms with E-state index in [2.05, 4.69) is 0 Å². The van der Waals surface area contributed by atoms with Crippen LogP contribution in [0.3, 0.4) is 0 Å². The van der Waals surface area contributed by atoms with Gasteiger partial charge >= 0.3 is 5.97 Å². The van der Waals surface area contributed by atoms with E-state index in [1.807, 2.05) is 0 Å². The van der Waals surface area contributed by atoms with Crippen LogP contribution in [-0.2, 0) is 19.1 Å². The van der Waals surface area contributed by atoms with Crippen molar-refractivity contribution in [1.82, 2.24) is 0 Å². The first-order valence-corrected chi connectivity index (χ1v) is 9.81. The molecular formula is C21H30O10. The maximum atomic E-state index is 12.2. The van der Waals surface area contributed by atoms with Gasteiger partial charge in [0.1, 0.15) is 30.0 Å². The zero-order chi connectivity index (χ0) is 23.6. The molecule has 1 saturated heterocycles. The molecule has 0 aromatic rings. The molecule has 1 aliphatic carbocycles. The molecule has 0 aromatic carbocycles. The summed E-state index contributed by atoms with van der Waals surface area (Å²) in [7, 11) is 0. The van der Waals surface area contributed by atoms with Crippen molar-refractivity contribution >= 4 is 11.8 Å². The molecule has 10 nitrogen and oxygen atoms in total. The van der Waals surface area contributed by atoms with E-state index < -0.39 is 54.3 Å². The Labute approximate surface area is 179 Å². The van der Waals surface area contributed by atoms with Crippen molar-refractivity contribution in [2.75, 3.05) is 13.2 Å². The van der Waals surface area contributed by atoms with Crippen LogP contribution in [0.1, 0.15) is 27.2 Å². The van der Waals surface area contributed by atoms with E-state index in [9.17, 15) is 35.1 Å². The third kappa shape index (κ3) is 5.29. The van der Waals surface area contributed by atoms with Crippen LogP contribution in [0.25, 0.3) is 0 Å². The lowest BCUT2D eigenvalue weighted by Crippen LogP contribution is -2.60. The first-order chi connectivity index (χ1) is 14.3. The molecule has 0 bridgehead atoms. The number of hydrogen-bond acceptors (Lipinski definition) is 9. The van der Waals surface area contributed by atoms with Crippen molar-refractivity contribution in [3.63, 3.8) is 0 Å². The summed E-state index contributed by atoms with van der Waals surface area (Å²) in [6.07, 6.45) is -2.41. The third-order valence-electron chi connectivity index (χ3n) is 5.82. The second-order valence-corrected chi connectivity index (χ2v) is 8.37. The highest BCUT2D eigenvalue weighted by Crippen LogP contribution is 2.45. The van der Waals surface area contributed by atoms with E-state index in [0.717, 1.165) is 6.08 Å². The summed E-state index contributed by atoms with van der Waals surface area (Å²) in [5, 5.41) is 59.6. The van der Waals surface area contributed by atoms with Crippen LogP contribution in [0, 0.1) is 5.41 Å². The van der Waals surface area contributed by atoms with Crippen LogP contribution < -0.4 is 0 Å². The normalized spacial score (nSPS) is 39.6. The van der Waals surface area contributed by atoms with Crippen molar-refractivity contribution in [2.45, 2.75) is 63.5 Å². The zero-order valence-electron chi connectivity index (χ0n) is 17.6. The largest absolute Gasteiger partial charge is 0.478 e. The van der Waals surface area contributed by atoms with Crippen LogP contribution in [0.4, 0.5) is 0 Å². The maximum absolute atomic E-state index is 12.2. The summed E-state index contributed by atoms with van der Waals surface area (Å²) < 4.78 is 10.9. The van der Waals surface area contributed by atoms with Crippen molar-refractivity contribution in [3.05, 3.63) is 35.5 Å². The van der Waals surface area contributed by atoms with Gasteiger partial charge in [-0.2, -0.15) is 0 Å². The van der Waals surface area contributed by atoms with Gasteiger partial charge in [0.25, 0.3) is 0 Å². The van der Waals surface area contributed by atoms with Gasteiger partial charge in [0.2, 0.25) is 0 Å². The van der Waals surface area contributed by atoms with Gasteiger partial charge < -0.3 is 40.1 Å². The SMILES string of the molecule is CC(C=CC1(O)C(C)=CC(=O)CC1(C)COC1OC(CO)C(O)C(O)C1O)=CC(=O)O. The molecular weight excluding hydrogens is 412 g/mol. The summed E-state index contributed by atoms with van der Waals surface area (Å²) >= 11 is 0. The molecule has 1 fully saturated rings. The Bertz CT molecular complexity index is 785. The Kier molecular flexibility index (Phi) is 7.93. The van der Waals surface area contributed by atoms with Crippen molar-refractivity contribution < 1.29 is 49.7 Å². The van der Waals surface area contributed by atoms with Crippen molar-refractivity contribution in [3.8, 4) is 0 Å². The van der Waals surface area contributed by atoms with Crippen LogP contribution in [0.5, 0.6) is 0 Å². The van der Waals surface area contributed by atoms with Crippen LogP contribution in [0.15, 0.2) is 35.5 Å². The molecule has 2 rings (SSSR count). The lowest BCUT2D eigenvalue weighted by atomic mass is 9.63. The number of carboxylic acids is 1. The molecule has 0 spiro atoms. The smallest absolute Gasteiger partial charge is 0.328 e. The number of ether oxygens (including phenoxy) is 2. The van der Waals surface area contributed by atoms with Gasteiger partial charge in [-0.3, -0.25) is 4.79 Å². The number of ketones is 1. The molecule has 31 heavy (non-hydrogen) atoms. The fraction of sp³-hybridized carbons (Fsp3) is 0.619. The molecule has 6 N–H and O–H groups in total. The molecule has 1 aliphatic heterocycles. The molecule has 0 aromatic heterocycles. The number of carbonyl (C=O) groups is 2. The Morgan fingerprint density at radius 3 is 2.52 bits per heavy atom. The first kappa shape index (κ1) is 25.3. The minimum absolute atomic E-state index is 0.121. The van der Waals surface area contributed by atoms with Gasteiger partial charge in [0.15, 0.2) is 12.1 Å². The van der Waals surface area contributed by atoms with Gasteiger partial charge in [-0.15, -0.1) is 0 Å². The van der Waals surface area contributed by atoms with Gasteiger partial charge in [0.05, 0.1) is 13.2 Å². The number of aliphatic hydroxyl groups excluding tert-OH is 4. The molecule has 0 amide bonds. The Morgan fingerprint density at radius 2 is 1.94 bits per heavy atom. The van der Waals surface area contributed by atoms with Crippen LogP contribution in [-0.4, -0.2) is 91.9 Å².